The lowest BCUT2D eigenvalue weighted by atomic mass is 10.1. The van der Waals surface area contributed by atoms with E-state index in [1.54, 1.807) is 12.1 Å². The quantitative estimate of drug-likeness (QED) is 0.811. The minimum absolute atomic E-state index is 0.0653. The molecule has 1 aromatic rings. The summed E-state index contributed by atoms with van der Waals surface area (Å²) in [4.78, 5) is 14.1. The van der Waals surface area contributed by atoms with Crippen LogP contribution in [0.5, 0.6) is 0 Å². The number of carbonyl (C=O) groups is 1. The Kier molecular flexibility index (Phi) is 7.16. The van der Waals surface area contributed by atoms with Crippen LogP contribution in [0.25, 0.3) is 0 Å². The highest BCUT2D eigenvalue weighted by molar-refractivity contribution is 5.78. The summed E-state index contributed by atoms with van der Waals surface area (Å²) in [5.41, 5.74) is 0.368. The molecular formula is C18H29FN2O2. The van der Waals surface area contributed by atoms with Crippen LogP contribution < -0.4 is 5.32 Å². The Morgan fingerprint density at radius 1 is 1.22 bits per heavy atom. The summed E-state index contributed by atoms with van der Waals surface area (Å²) < 4.78 is 13.0. The summed E-state index contributed by atoms with van der Waals surface area (Å²) in [7, 11) is 0. The van der Waals surface area contributed by atoms with Gasteiger partial charge in [-0.2, -0.15) is 0 Å². The van der Waals surface area contributed by atoms with Gasteiger partial charge in [0.05, 0.1) is 12.6 Å². The fraction of sp³-hybridized carbons (Fsp3) is 0.611. The lowest BCUT2D eigenvalue weighted by Crippen LogP contribution is -2.47. The predicted molar refractivity (Wildman–Crippen MR) is 90.5 cm³/mol. The van der Waals surface area contributed by atoms with E-state index in [0.29, 0.717) is 24.6 Å². The number of benzene rings is 1. The van der Waals surface area contributed by atoms with Crippen molar-refractivity contribution in [1.82, 2.24) is 10.2 Å². The summed E-state index contributed by atoms with van der Waals surface area (Å²) >= 11 is 0. The molecule has 4 nitrogen and oxygen atoms in total. The highest BCUT2D eigenvalue weighted by atomic mass is 19.1. The second kappa shape index (κ2) is 8.41. The number of aliphatic hydroxyl groups is 1. The van der Waals surface area contributed by atoms with Crippen molar-refractivity contribution in [2.24, 2.45) is 5.92 Å². The number of halogens is 1. The Labute approximate surface area is 138 Å². The number of hydrogen-bond acceptors (Lipinski definition) is 3. The van der Waals surface area contributed by atoms with E-state index >= 15 is 0 Å². The third-order valence-corrected chi connectivity index (χ3v) is 3.19. The molecule has 130 valence electrons. The molecule has 1 atom stereocenters. The van der Waals surface area contributed by atoms with Gasteiger partial charge >= 0.3 is 0 Å². The fourth-order valence-corrected chi connectivity index (χ4v) is 2.42. The first-order valence-electron chi connectivity index (χ1n) is 8.03. The number of nitrogens with one attached hydrogen (secondary N) is 1. The van der Waals surface area contributed by atoms with Gasteiger partial charge in [-0.1, -0.05) is 26.0 Å². The van der Waals surface area contributed by atoms with Crippen molar-refractivity contribution in [3.05, 3.63) is 35.6 Å². The fourth-order valence-electron chi connectivity index (χ4n) is 2.42. The topological polar surface area (TPSA) is 52.6 Å². The molecule has 0 spiro atoms. The van der Waals surface area contributed by atoms with E-state index in [-0.39, 0.29) is 23.8 Å². The van der Waals surface area contributed by atoms with Gasteiger partial charge in [0.1, 0.15) is 5.82 Å². The van der Waals surface area contributed by atoms with Crippen LogP contribution in [-0.4, -0.2) is 41.1 Å². The van der Waals surface area contributed by atoms with Crippen LogP contribution in [0.15, 0.2) is 24.3 Å². The third-order valence-electron chi connectivity index (χ3n) is 3.19. The first kappa shape index (κ1) is 19.6. The molecular weight excluding hydrogens is 295 g/mol. The summed E-state index contributed by atoms with van der Waals surface area (Å²) in [6, 6.07) is 5.81. The summed E-state index contributed by atoms with van der Waals surface area (Å²) in [6.07, 6.45) is -0.753. The van der Waals surface area contributed by atoms with Crippen LogP contribution in [0.3, 0.4) is 0 Å². The van der Waals surface area contributed by atoms with Gasteiger partial charge in [-0.3, -0.25) is 9.69 Å². The van der Waals surface area contributed by atoms with Crippen molar-refractivity contribution in [2.75, 3.05) is 19.6 Å². The molecule has 0 heterocycles. The largest absolute Gasteiger partial charge is 0.387 e. The molecule has 0 radical (unpaired) electrons. The monoisotopic (exact) mass is 324 g/mol. The zero-order chi connectivity index (χ0) is 17.6. The van der Waals surface area contributed by atoms with Gasteiger partial charge in [0.2, 0.25) is 5.91 Å². The molecule has 0 aliphatic carbocycles. The molecule has 0 aliphatic heterocycles. The molecule has 1 amide bonds. The Morgan fingerprint density at radius 2 is 1.78 bits per heavy atom. The van der Waals surface area contributed by atoms with E-state index < -0.39 is 6.10 Å². The minimum atomic E-state index is -0.753. The van der Waals surface area contributed by atoms with Gasteiger partial charge in [0.15, 0.2) is 0 Å². The lowest BCUT2D eigenvalue weighted by molar-refractivity contribution is -0.124. The zero-order valence-electron chi connectivity index (χ0n) is 14.8. The van der Waals surface area contributed by atoms with Gasteiger partial charge in [-0.25, -0.2) is 4.39 Å². The summed E-state index contributed by atoms with van der Waals surface area (Å²) in [5.74, 6) is -0.0214. The van der Waals surface area contributed by atoms with Crippen molar-refractivity contribution in [3.63, 3.8) is 0 Å². The Bertz CT molecular complexity index is 495. The molecule has 1 aromatic carbocycles. The molecule has 0 bridgehead atoms. The normalized spacial score (nSPS) is 13.4. The van der Waals surface area contributed by atoms with Crippen LogP contribution in [0.1, 0.15) is 46.3 Å². The zero-order valence-corrected chi connectivity index (χ0v) is 14.8. The molecule has 1 unspecified atom stereocenters. The lowest BCUT2D eigenvalue weighted by Gasteiger charge is -2.28. The van der Waals surface area contributed by atoms with Crippen LogP contribution in [0.2, 0.25) is 0 Å². The van der Waals surface area contributed by atoms with Gasteiger partial charge in [-0.05, 0) is 44.4 Å². The summed E-state index contributed by atoms with van der Waals surface area (Å²) in [6.45, 7) is 11.2. The van der Waals surface area contributed by atoms with Crippen LogP contribution in [0, 0.1) is 11.7 Å². The number of rotatable bonds is 7. The number of amides is 1. The number of hydrogen-bond donors (Lipinski definition) is 2. The highest BCUT2D eigenvalue weighted by Gasteiger charge is 2.20. The van der Waals surface area contributed by atoms with E-state index in [0.717, 1.165) is 0 Å². The maximum Gasteiger partial charge on any atom is 0.234 e. The molecule has 0 aliphatic rings. The van der Waals surface area contributed by atoms with Crippen molar-refractivity contribution in [2.45, 2.75) is 46.3 Å². The smallest absolute Gasteiger partial charge is 0.234 e. The highest BCUT2D eigenvalue weighted by Crippen LogP contribution is 2.15. The van der Waals surface area contributed by atoms with Crippen molar-refractivity contribution in [1.29, 1.82) is 0 Å². The van der Waals surface area contributed by atoms with Crippen molar-refractivity contribution in [3.8, 4) is 0 Å². The van der Waals surface area contributed by atoms with Crippen molar-refractivity contribution < 1.29 is 14.3 Å². The Balaban J connectivity index is 2.70. The van der Waals surface area contributed by atoms with Gasteiger partial charge < -0.3 is 10.4 Å². The molecule has 0 aromatic heterocycles. The average molecular weight is 324 g/mol. The van der Waals surface area contributed by atoms with E-state index in [4.69, 9.17) is 0 Å². The summed E-state index contributed by atoms with van der Waals surface area (Å²) in [5, 5.41) is 13.3. The predicted octanol–water partition coefficient (Wildman–Crippen LogP) is 2.73. The molecule has 0 fully saturated rings. The van der Waals surface area contributed by atoms with E-state index in [1.165, 1.54) is 12.1 Å². The molecule has 2 N–H and O–H groups in total. The molecule has 0 saturated carbocycles. The first-order valence-corrected chi connectivity index (χ1v) is 8.03. The van der Waals surface area contributed by atoms with Crippen LogP contribution in [-0.2, 0) is 4.79 Å². The van der Waals surface area contributed by atoms with Gasteiger partial charge in [0.25, 0.3) is 0 Å². The van der Waals surface area contributed by atoms with Gasteiger partial charge in [-0.15, -0.1) is 0 Å². The standard InChI is InChI=1S/C18H29FN2O2/c1-13(2)10-21(12-17(23)20-18(3,4)5)11-16(22)14-6-8-15(19)9-7-14/h6-9,13,16,22H,10-12H2,1-5H3,(H,20,23). The van der Waals surface area contributed by atoms with Gasteiger partial charge in [0, 0.05) is 18.6 Å². The minimum Gasteiger partial charge on any atom is -0.387 e. The maximum atomic E-state index is 13.0. The Hall–Kier alpha value is -1.46. The van der Waals surface area contributed by atoms with Crippen LogP contribution in [0.4, 0.5) is 4.39 Å². The Morgan fingerprint density at radius 3 is 2.26 bits per heavy atom. The third kappa shape index (κ3) is 8.09. The second-order valence-electron chi connectivity index (χ2n) is 7.45. The molecule has 0 saturated heterocycles. The first-order chi connectivity index (χ1) is 10.6. The molecule has 23 heavy (non-hydrogen) atoms. The molecule has 5 heteroatoms. The average Bonchev–Trinajstić information content (AvgIpc) is 2.35. The number of aliphatic hydroxyl groups excluding tert-OH is 1. The second-order valence-corrected chi connectivity index (χ2v) is 7.45. The molecule has 1 rings (SSSR count). The SMILES string of the molecule is CC(C)CN(CC(=O)NC(C)(C)C)CC(O)c1ccc(F)cc1. The van der Waals surface area contributed by atoms with Crippen molar-refractivity contribution >= 4 is 5.91 Å². The van der Waals surface area contributed by atoms with E-state index in [2.05, 4.69) is 19.2 Å². The number of nitrogens with zero attached hydrogens (tertiary/aromatic N) is 1. The van der Waals surface area contributed by atoms with E-state index in [9.17, 15) is 14.3 Å². The number of carbonyl (C=O) groups excluding carboxylic acids is 1. The van der Waals surface area contributed by atoms with Crippen LogP contribution >= 0.6 is 0 Å². The maximum absolute atomic E-state index is 13.0. The van der Waals surface area contributed by atoms with E-state index in [1.807, 2.05) is 25.7 Å².